The van der Waals surface area contributed by atoms with Crippen LogP contribution in [0.1, 0.15) is 25.0 Å². The van der Waals surface area contributed by atoms with Gasteiger partial charge in [-0.3, -0.25) is 0 Å². The van der Waals surface area contributed by atoms with Gasteiger partial charge in [0.05, 0.1) is 7.11 Å². The van der Waals surface area contributed by atoms with Gasteiger partial charge in [-0.2, -0.15) is 0 Å². The van der Waals surface area contributed by atoms with Gasteiger partial charge in [-0.05, 0) is 36.9 Å². The second-order valence-electron chi connectivity index (χ2n) is 6.32. The van der Waals surface area contributed by atoms with Crippen LogP contribution in [0.3, 0.4) is 0 Å². The predicted molar refractivity (Wildman–Crippen MR) is 118 cm³/mol. The summed E-state index contributed by atoms with van der Waals surface area (Å²) in [5, 5.41) is 5.21. The number of ether oxygens (including phenoxy) is 2. The summed E-state index contributed by atoms with van der Waals surface area (Å²) in [5.74, 6) is 1.21. The normalized spacial score (nSPS) is 11.1. The Bertz CT molecular complexity index is 768. The molecular weight excluding hydrogens is 419 g/mol. The molecule has 4 nitrogen and oxygen atoms in total. The number of methoxy groups -OCH3 is 1. The second kappa shape index (κ2) is 11.7. The van der Waals surface area contributed by atoms with Gasteiger partial charge in [-0.15, -0.1) is 0 Å². The summed E-state index contributed by atoms with van der Waals surface area (Å²) in [6, 6.07) is 9.01. The van der Waals surface area contributed by atoms with Crippen molar-refractivity contribution in [2.45, 2.75) is 27.0 Å². The lowest BCUT2D eigenvalue weighted by Gasteiger charge is -2.18. The van der Waals surface area contributed by atoms with Crippen molar-refractivity contribution in [2.24, 2.45) is 0 Å². The molecule has 0 bridgehead atoms. The lowest BCUT2D eigenvalue weighted by Crippen LogP contribution is -2.31. The van der Waals surface area contributed by atoms with Crippen molar-refractivity contribution in [1.29, 1.82) is 0 Å². The van der Waals surface area contributed by atoms with E-state index in [0.29, 0.717) is 39.7 Å². The van der Waals surface area contributed by atoms with Gasteiger partial charge >= 0.3 is 0 Å². The first-order chi connectivity index (χ1) is 13.5. The fraction of sp³-hybridized carbons (Fsp3) is 0.429. The third kappa shape index (κ3) is 6.71. The average Bonchev–Trinajstić information content (AvgIpc) is 2.68. The van der Waals surface area contributed by atoms with Crippen molar-refractivity contribution >= 4 is 34.8 Å². The highest BCUT2D eigenvalue weighted by Gasteiger charge is 2.12. The molecule has 0 aromatic heterocycles. The van der Waals surface area contributed by atoms with E-state index in [2.05, 4.69) is 24.1 Å². The molecule has 154 valence electrons. The molecular formula is C21H27Cl3N2O2. The zero-order valence-corrected chi connectivity index (χ0v) is 18.8. The second-order valence-corrected chi connectivity index (χ2v) is 7.57. The molecule has 2 aromatic carbocycles. The first-order valence-corrected chi connectivity index (χ1v) is 10.5. The van der Waals surface area contributed by atoms with E-state index in [9.17, 15) is 0 Å². The Morgan fingerprint density at radius 2 is 1.64 bits per heavy atom. The van der Waals surface area contributed by atoms with Gasteiger partial charge in [0, 0.05) is 46.3 Å². The molecule has 0 aliphatic rings. The lowest BCUT2D eigenvalue weighted by molar-refractivity contribution is 0.284. The fourth-order valence-electron chi connectivity index (χ4n) is 2.78. The van der Waals surface area contributed by atoms with Gasteiger partial charge in [-0.25, -0.2) is 0 Å². The zero-order chi connectivity index (χ0) is 20.5. The topological polar surface area (TPSA) is 33.7 Å². The van der Waals surface area contributed by atoms with Gasteiger partial charge in [0.1, 0.15) is 6.61 Å². The molecule has 0 aliphatic carbocycles. The molecule has 0 spiro atoms. The maximum atomic E-state index is 6.46. The molecule has 0 unspecified atom stereocenters. The Kier molecular flexibility index (Phi) is 9.69. The Labute approximate surface area is 182 Å². The highest BCUT2D eigenvalue weighted by atomic mass is 35.5. The summed E-state index contributed by atoms with van der Waals surface area (Å²) in [4.78, 5) is 2.37. The Morgan fingerprint density at radius 3 is 2.29 bits per heavy atom. The molecule has 0 aliphatic heterocycles. The summed E-state index contributed by atoms with van der Waals surface area (Å²) in [6.45, 7) is 9.30. The van der Waals surface area contributed by atoms with E-state index in [-0.39, 0.29) is 0 Å². The number of hydrogen-bond donors (Lipinski definition) is 1. The highest BCUT2D eigenvalue weighted by Crippen LogP contribution is 2.34. The van der Waals surface area contributed by atoms with Crippen LogP contribution in [0, 0.1) is 0 Å². The maximum absolute atomic E-state index is 6.46. The lowest BCUT2D eigenvalue weighted by atomic mass is 10.2. The van der Waals surface area contributed by atoms with Crippen LogP contribution in [-0.4, -0.2) is 38.2 Å². The quantitative estimate of drug-likeness (QED) is 0.452. The van der Waals surface area contributed by atoms with Crippen LogP contribution in [0.2, 0.25) is 15.1 Å². The third-order valence-electron chi connectivity index (χ3n) is 4.55. The molecule has 0 fully saturated rings. The molecule has 2 aromatic rings. The molecule has 0 heterocycles. The largest absolute Gasteiger partial charge is 0.493 e. The van der Waals surface area contributed by atoms with E-state index >= 15 is 0 Å². The van der Waals surface area contributed by atoms with Crippen LogP contribution in [0.5, 0.6) is 11.5 Å². The minimum Gasteiger partial charge on any atom is -0.493 e. The summed E-state index contributed by atoms with van der Waals surface area (Å²) >= 11 is 18.6. The highest BCUT2D eigenvalue weighted by molar-refractivity contribution is 6.35. The van der Waals surface area contributed by atoms with E-state index in [1.807, 2.05) is 12.1 Å². The minimum atomic E-state index is 0.296. The van der Waals surface area contributed by atoms with Crippen LogP contribution in [0.25, 0.3) is 0 Å². The Morgan fingerprint density at radius 1 is 0.929 bits per heavy atom. The number of benzene rings is 2. The van der Waals surface area contributed by atoms with Crippen molar-refractivity contribution in [1.82, 2.24) is 10.2 Å². The monoisotopic (exact) mass is 444 g/mol. The van der Waals surface area contributed by atoms with Crippen LogP contribution >= 0.6 is 34.8 Å². The molecule has 0 radical (unpaired) electrons. The molecule has 0 saturated heterocycles. The molecule has 1 N–H and O–H groups in total. The molecule has 0 atom stereocenters. The number of rotatable bonds is 11. The first-order valence-electron chi connectivity index (χ1n) is 9.34. The standard InChI is InChI=1S/C21H27Cl3N2O2/c1-4-26(5-2)9-8-25-13-16-10-20(27-3)21(12-19(16)24)28-14-15-6-7-17(22)11-18(15)23/h6-7,10-12,25H,4-5,8-9,13-14H2,1-3H3. The Balaban J connectivity index is 2.00. The fourth-order valence-corrected chi connectivity index (χ4v) is 3.46. The summed E-state index contributed by atoms with van der Waals surface area (Å²) in [7, 11) is 1.61. The molecule has 0 amide bonds. The third-order valence-corrected chi connectivity index (χ3v) is 5.48. The van der Waals surface area contributed by atoms with E-state index in [1.54, 1.807) is 25.3 Å². The number of hydrogen-bond acceptors (Lipinski definition) is 4. The van der Waals surface area contributed by atoms with Gasteiger partial charge in [0.15, 0.2) is 11.5 Å². The number of nitrogens with one attached hydrogen (secondary N) is 1. The number of nitrogens with zero attached hydrogens (tertiary/aromatic N) is 1. The van der Waals surface area contributed by atoms with E-state index in [4.69, 9.17) is 44.3 Å². The minimum absolute atomic E-state index is 0.296. The van der Waals surface area contributed by atoms with Crippen LogP contribution in [0.15, 0.2) is 30.3 Å². The Hall–Kier alpha value is -1.17. The summed E-state index contributed by atoms with van der Waals surface area (Å²) in [6.07, 6.45) is 0. The van der Waals surface area contributed by atoms with Crippen molar-refractivity contribution in [3.63, 3.8) is 0 Å². The van der Waals surface area contributed by atoms with Crippen molar-refractivity contribution < 1.29 is 9.47 Å². The molecule has 2 rings (SSSR count). The predicted octanol–water partition coefficient (Wildman–Crippen LogP) is 5.67. The van der Waals surface area contributed by atoms with E-state index < -0.39 is 0 Å². The van der Waals surface area contributed by atoms with Crippen LogP contribution in [-0.2, 0) is 13.2 Å². The molecule has 7 heteroatoms. The van der Waals surface area contributed by atoms with Crippen molar-refractivity contribution in [3.05, 3.63) is 56.5 Å². The molecule has 28 heavy (non-hydrogen) atoms. The van der Waals surface area contributed by atoms with Crippen molar-refractivity contribution in [3.8, 4) is 11.5 Å². The smallest absolute Gasteiger partial charge is 0.163 e. The van der Waals surface area contributed by atoms with Gasteiger partial charge in [-0.1, -0.05) is 54.7 Å². The van der Waals surface area contributed by atoms with Crippen molar-refractivity contribution in [2.75, 3.05) is 33.3 Å². The SMILES string of the molecule is CCN(CC)CCNCc1cc(OC)c(OCc2ccc(Cl)cc2Cl)cc1Cl. The van der Waals surface area contributed by atoms with Gasteiger partial charge in [0.2, 0.25) is 0 Å². The van der Waals surface area contributed by atoms with E-state index in [1.165, 1.54) is 0 Å². The van der Waals surface area contributed by atoms with E-state index in [0.717, 1.165) is 37.3 Å². The molecule has 0 saturated carbocycles. The zero-order valence-electron chi connectivity index (χ0n) is 16.5. The average molecular weight is 446 g/mol. The van der Waals surface area contributed by atoms with Crippen LogP contribution in [0.4, 0.5) is 0 Å². The van der Waals surface area contributed by atoms with Gasteiger partial charge < -0.3 is 19.7 Å². The van der Waals surface area contributed by atoms with Crippen LogP contribution < -0.4 is 14.8 Å². The summed E-state index contributed by atoms with van der Waals surface area (Å²) in [5.41, 5.74) is 1.81. The first kappa shape index (κ1) is 23.1. The van der Waals surface area contributed by atoms with Gasteiger partial charge in [0.25, 0.3) is 0 Å². The number of likely N-dealkylation sites (N-methyl/N-ethyl adjacent to an activating group) is 1. The maximum Gasteiger partial charge on any atom is 0.163 e. The summed E-state index contributed by atoms with van der Waals surface area (Å²) < 4.78 is 11.4. The number of halogens is 3.